The highest BCUT2D eigenvalue weighted by molar-refractivity contribution is 5.94. The third-order valence-corrected chi connectivity index (χ3v) is 4.65. The monoisotopic (exact) mass is 370 g/mol. The van der Waals surface area contributed by atoms with Crippen molar-refractivity contribution in [3.63, 3.8) is 0 Å². The van der Waals surface area contributed by atoms with E-state index in [0.717, 1.165) is 38.4 Å². The number of amides is 1. The first-order valence-electron chi connectivity index (χ1n) is 8.91. The molecule has 0 unspecified atom stereocenters. The molecule has 0 spiro atoms. The van der Waals surface area contributed by atoms with Gasteiger partial charge in [-0.25, -0.2) is 14.9 Å². The smallest absolute Gasteiger partial charge is 0.303 e. The molecule has 0 aliphatic carbocycles. The molecule has 27 heavy (non-hydrogen) atoms. The Bertz CT molecular complexity index is 787. The van der Waals surface area contributed by atoms with Gasteiger partial charge in [-0.05, 0) is 55.1 Å². The Morgan fingerprint density at radius 3 is 2.74 bits per heavy atom. The summed E-state index contributed by atoms with van der Waals surface area (Å²) < 4.78 is 13.5. The summed E-state index contributed by atoms with van der Waals surface area (Å²) in [5, 5.41) is 15.5. The maximum Gasteiger partial charge on any atom is 0.303 e. The maximum absolute atomic E-state index is 13.5. The van der Waals surface area contributed by atoms with Gasteiger partial charge >= 0.3 is 5.91 Å². The lowest BCUT2D eigenvalue weighted by atomic mass is 9.84. The summed E-state index contributed by atoms with van der Waals surface area (Å²) >= 11 is 0. The number of aromatic nitrogens is 1. The number of carbonyl (C=O) groups is 1. The largest absolute Gasteiger partial charge is 0.363 e. The van der Waals surface area contributed by atoms with Crippen molar-refractivity contribution in [2.75, 3.05) is 18.4 Å². The molecule has 3 rings (SSSR count). The number of carbonyl (C=O) groups excluding carboxylic acids is 1. The lowest BCUT2D eigenvalue weighted by Gasteiger charge is -2.39. The molecule has 2 aromatic rings. The van der Waals surface area contributed by atoms with Crippen molar-refractivity contribution in [3.8, 4) is 0 Å². The minimum absolute atomic E-state index is 0.147. The third kappa shape index (κ3) is 5.12. The number of rotatable bonds is 6. The third-order valence-electron chi connectivity index (χ3n) is 4.65. The van der Waals surface area contributed by atoms with Crippen LogP contribution < -0.4 is 16.1 Å². The van der Waals surface area contributed by atoms with E-state index < -0.39 is 11.7 Å². The Morgan fingerprint density at radius 2 is 2.11 bits per heavy atom. The molecular weight excluding hydrogens is 347 g/mol. The van der Waals surface area contributed by atoms with E-state index in [1.165, 1.54) is 17.2 Å². The van der Waals surface area contributed by atoms with E-state index in [-0.39, 0.29) is 5.54 Å². The number of nitrogens with zero attached hydrogens (tertiary/aromatic N) is 1. The van der Waals surface area contributed by atoms with Gasteiger partial charge < -0.3 is 10.6 Å². The van der Waals surface area contributed by atoms with E-state index >= 15 is 0 Å². The van der Waals surface area contributed by atoms with Crippen LogP contribution in [0.3, 0.4) is 0 Å². The second-order valence-corrected chi connectivity index (χ2v) is 6.76. The van der Waals surface area contributed by atoms with Crippen molar-refractivity contribution in [1.29, 1.82) is 0 Å². The van der Waals surface area contributed by atoms with Crippen LogP contribution in [0.5, 0.6) is 0 Å². The number of pyridine rings is 1. The van der Waals surface area contributed by atoms with Gasteiger partial charge in [-0.3, -0.25) is 10.0 Å². The van der Waals surface area contributed by atoms with Crippen LogP contribution in [0.1, 0.15) is 24.0 Å². The SMILES string of the molecule is O=C(NO)/C(F)=C/c1ccc(N[C@@]2(Cc3ccccc3)CCCNC2)nc1. The highest BCUT2D eigenvalue weighted by Crippen LogP contribution is 2.26. The molecule has 6 nitrogen and oxygen atoms in total. The highest BCUT2D eigenvalue weighted by atomic mass is 19.1. The zero-order chi connectivity index (χ0) is 19.1. The van der Waals surface area contributed by atoms with Crippen LogP contribution in [0.15, 0.2) is 54.5 Å². The molecule has 1 fully saturated rings. The maximum atomic E-state index is 13.5. The van der Waals surface area contributed by atoms with Gasteiger partial charge in [0.25, 0.3) is 0 Å². The van der Waals surface area contributed by atoms with Gasteiger partial charge in [-0.15, -0.1) is 0 Å². The van der Waals surface area contributed by atoms with E-state index in [1.54, 1.807) is 12.1 Å². The summed E-state index contributed by atoms with van der Waals surface area (Å²) in [5.74, 6) is -1.58. The molecule has 4 N–H and O–H groups in total. The Hall–Kier alpha value is -2.77. The number of halogens is 1. The van der Waals surface area contributed by atoms with Gasteiger partial charge in [0.1, 0.15) is 5.82 Å². The van der Waals surface area contributed by atoms with Crippen LogP contribution in [-0.2, 0) is 11.2 Å². The molecule has 1 aliphatic heterocycles. The fourth-order valence-electron chi connectivity index (χ4n) is 3.36. The number of hydroxylamine groups is 1. The van der Waals surface area contributed by atoms with Crippen molar-refractivity contribution >= 4 is 17.8 Å². The first kappa shape index (κ1) is 19.0. The van der Waals surface area contributed by atoms with E-state index in [0.29, 0.717) is 11.4 Å². The molecule has 0 radical (unpaired) electrons. The zero-order valence-corrected chi connectivity index (χ0v) is 14.9. The van der Waals surface area contributed by atoms with Crippen molar-refractivity contribution in [3.05, 3.63) is 65.6 Å². The predicted octanol–water partition coefficient (Wildman–Crippen LogP) is 2.67. The van der Waals surface area contributed by atoms with Gasteiger partial charge in [-0.1, -0.05) is 30.3 Å². The molecule has 7 heteroatoms. The van der Waals surface area contributed by atoms with E-state index in [9.17, 15) is 9.18 Å². The molecule has 1 atom stereocenters. The van der Waals surface area contributed by atoms with Crippen LogP contribution >= 0.6 is 0 Å². The Labute approximate surface area is 157 Å². The molecule has 0 saturated carbocycles. The second kappa shape index (κ2) is 8.75. The van der Waals surface area contributed by atoms with Crippen LogP contribution in [0, 0.1) is 0 Å². The minimum atomic E-state index is -1.19. The topological polar surface area (TPSA) is 86.3 Å². The fraction of sp³-hybridized carbons (Fsp3) is 0.300. The summed E-state index contributed by atoms with van der Waals surface area (Å²) in [6.45, 7) is 1.83. The van der Waals surface area contributed by atoms with Crippen LogP contribution in [0.25, 0.3) is 6.08 Å². The fourth-order valence-corrected chi connectivity index (χ4v) is 3.36. The zero-order valence-electron chi connectivity index (χ0n) is 14.9. The Balaban J connectivity index is 1.75. The van der Waals surface area contributed by atoms with E-state index in [2.05, 4.69) is 27.8 Å². The standard InChI is InChI=1S/C20H23FN4O2/c21-17(19(26)25-27)11-16-7-8-18(23-13-16)24-20(9-4-10-22-14-20)12-15-5-2-1-3-6-15/h1-3,5-8,11,13,22,27H,4,9-10,12,14H2,(H,23,24)(H,25,26)/b17-11-/t20-/m1/s1. The molecule has 1 aromatic carbocycles. The van der Waals surface area contributed by atoms with Crippen molar-refractivity contribution in [2.24, 2.45) is 0 Å². The van der Waals surface area contributed by atoms with Crippen molar-refractivity contribution in [1.82, 2.24) is 15.8 Å². The number of anilines is 1. The second-order valence-electron chi connectivity index (χ2n) is 6.76. The summed E-state index contributed by atoms with van der Waals surface area (Å²) in [7, 11) is 0. The molecule has 1 aromatic heterocycles. The molecule has 0 bridgehead atoms. The van der Waals surface area contributed by atoms with Gasteiger partial charge in [0.05, 0.1) is 5.54 Å². The summed E-state index contributed by atoms with van der Waals surface area (Å²) in [6.07, 6.45) is 5.46. The number of piperidine rings is 1. The Kier molecular flexibility index (Phi) is 6.16. The number of nitrogens with one attached hydrogen (secondary N) is 3. The summed E-state index contributed by atoms with van der Waals surface area (Å²) in [4.78, 5) is 15.4. The average molecular weight is 370 g/mol. The predicted molar refractivity (Wildman–Crippen MR) is 102 cm³/mol. The quantitative estimate of drug-likeness (QED) is 0.357. The van der Waals surface area contributed by atoms with Crippen LogP contribution in [0.2, 0.25) is 0 Å². The normalized spacial score (nSPS) is 20.1. The summed E-state index contributed by atoms with van der Waals surface area (Å²) in [6, 6.07) is 13.8. The van der Waals surface area contributed by atoms with E-state index in [1.807, 2.05) is 18.2 Å². The minimum Gasteiger partial charge on any atom is -0.363 e. The first-order valence-corrected chi connectivity index (χ1v) is 8.91. The molecule has 1 aliphatic rings. The van der Waals surface area contributed by atoms with Gasteiger partial charge in [0.15, 0.2) is 5.83 Å². The lowest BCUT2D eigenvalue weighted by molar-refractivity contribution is -0.126. The molecule has 1 saturated heterocycles. The molecule has 1 amide bonds. The number of hydrogen-bond donors (Lipinski definition) is 4. The first-order chi connectivity index (χ1) is 13.1. The molecular formula is C20H23FN4O2. The Morgan fingerprint density at radius 1 is 1.30 bits per heavy atom. The van der Waals surface area contributed by atoms with E-state index in [4.69, 9.17) is 5.21 Å². The van der Waals surface area contributed by atoms with Gasteiger partial charge in [-0.2, -0.15) is 0 Å². The van der Waals surface area contributed by atoms with Crippen LogP contribution in [-0.4, -0.2) is 34.7 Å². The highest BCUT2D eigenvalue weighted by Gasteiger charge is 2.32. The van der Waals surface area contributed by atoms with Gasteiger partial charge in [0.2, 0.25) is 0 Å². The lowest BCUT2D eigenvalue weighted by Crippen LogP contribution is -2.53. The molecule has 2 heterocycles. The summed E-state index contributed by atoms with van der Waals surface area (Å²) in [5.41, 5.74) is 2.80. The molecule has 142 valence electrons. The number of benzene rings is 1. The number of hydrogen-bond acceptors (Lipinski definition) is 5. The van der Waals surface area contributed by atoms with Gasteiger partial charge in [0, 0.05) is 12.7 Å². The van der Waals surface area contributed by atoms with Crippen molar-refractivity contribution < 1.29 is 14.4 Å². The van der Waals surface area contributed by atoms with Crippen LogP contribution in [0.4, 0.5) is 10.2 Å². The average Bonchev–Trinajstić information content (AvgIpc) is 2.70. The van der Waals surface area contributed by atoms with Crippen molar-refractivity contribution in [2.45, 2.75) is 24.8 Å².